The maximum atomic E-state index is 12.9. The Morgan fingerprint density at radius 1 is 0.741 bits per heavy atom. The van der Waals surface area contributed by atoms with Gasteiger partial charge in [0.25, 0.3) is 0 Å². The molecule has 0 atom stereocenters. The highest BCUT2D eigenvalue weighted by atomic mass is 35.5. The Labute approximate surface area is 311 Å². The lowest BCUT2D eigenvalue weighted by Gasteiger charge is -2.43. The third-order valence-electron chi connectivity index (χ3n) is 7.47. The summed E-state index contributed by atoms with van der Waals surface area (Å²) in [4.78, 5) is 31.6. The van der Waals surface area contributed by atoms with Crippen LogP contribution in [0.3, 0.4) is 0 Å². The summed E-state index contributed by atoms with van der Waals surface area (Å²) in [6, 6.07) is 7.12. The number of β-amino-alcohol motifs (C(OH)–C–C–N with tert-alkyl or cyclic N) is 2. The lowest BCUT2D eigenvalue weighted by Crippen LogP contribution is -2.61. The minimum absolute atomic E-state index is 0. The molecule has 0 aliphatic carbocycles. The third kappa shape index (κ3) is 12.5. The molecule has 0 radical (unpaired) electrons. The molecule has 4 heterocycles. The van der Waals surface area contributed by atoms with Crippen LogP contribution >= 0.6 is 12.4 Å². The molecule has 20 heteroatoms. The van der Waals surface area contributed by atoms with Gasteiger partial charge in [0, 0.05) is 48.8 Å². The van der Waals surface area contributed by atoms with E-state index in [1.165, 1.54) is 40.6 Å². The number of aromatic nitrogens is 6. The number of nitrogens with zero attached hydrogens (tertiary/aromatic N) is 7. The zero-order valence-corrected chi connectivity index (χ0v) is 30.0. The molecule has 2 aliphatic rings. The van der Waals surface area contributed by atoms with Crippen LogP contribution in [0, 0.1) is 13.8 Å². The van der Waals surface area contributed by atoms with Gasteiger partial charge in [-0.15, -0.1) is 22.6 Å². The average Bonchev–Trinajstić information content (AvgIpc) is 3.70. The summed E-state index contributed by atoms with van der Waals surface area (Å²) >= 11 is 0. The Balaban J connectivity index is 0.000000251. The Bertz CT molecular complexity index is 1990. The number of likely N-dealkylation sites (tertiary alicyclic amines) is 1. The third-order valence-corrected chi connectivity index (χ3v) is 7.47. The number of nitrogens with one attached hydrogen (secondary N) is 1. The number of amides is 1. The summed E-state index contributed by atoms with van der Waals surface area (Å²) in [5, 5.41) is 37.9. The van der Waals surface area contributed by atoms with Crippen LogP contribution in [-0.2, 0) is 21.9 Å². The van der Waals surface area contributed by atoms with Gasteiger partial charge in [0.05, 0.1) is 35.4 Å². The van der Waals surface area contributed by atoms with Gasteiger partial charge in [0.1, 0.15) is 12.7 Å². The summed E-state index contributed by atoms with van der Waals surface area (Å²) in [5.41, 5.74) is -1.46. The first-order valence-corrected chi connectivity index (χ1v) is 15.7. The maximum absolute atomic E-state index is 12.9. The number of hydrogen-bond donors (Lipinski definition) is 4. The van der Waals surface area contributed by atoms with E-state index in [0.717, 1.165) is 54.3 Å². The Kier molecular flexibility index (Phi) is 13.6. The number of carboxylic acid groups (broad SMARTS) is 1. The molecule has 2 aromatic heterocycles. The summed E-state index contributed by atoms with van der Waals surface area (Å²) < 4.78 is 79.4. The van der Waals surface area contributed by atoms with Crippen LogP contribution in [-0.4, -0.2) is 99.0 Å². The quantitative estimate of drug-likeness (QED) is 0.155. The zero-order valence-electron chi connectivity index (χ0n) is 29.2. The van der Waals surface area contributed by atoms with E-state index in [-0.39, 0.29) is 59.8 Å². The topological polar surface area (TPSA) is 172 Å². The van der Waals surface area contributed by atoms with Crippen LogP contribution in [0.4, 0.5) is 26.3 Å². The number of aliphatic hydroxyl groups is 2. The molecule has 0 spiro atoms. The molecule has 2 aliphatic heterocycles. The number of aliphatic carboxylic acids is 1. The standard InChI is InChI=1S/C17H17F3N4O2.C13H10F3N3O2.C4H9NO.ClH/c1-11-5-12(7-13(6-11)17(18,19)20)15-21-10-24(22-15)4-3-14(25)23-8-16(2,26)9-23;1-8-4-9(6-10(5-8)13(14,15)16)12-17-7-19(18-12)3-2-11(20)21;1-4(6)2-5-3-4;/h3-7,10,26H,8-9H2,1-2H3;2-7H,1H3,(H,20,21);5-6H,2-3H2,1H3;1H/b4-3-;3-2-;;. The SMILES string of the molecule is CC1(O)CNC1.Cc1cc(-c2ncn(/C=C\C(=O)N3CC(C)(O)C3)n2)cc(C(F)(F)F)c1.Cc1cc(-c2ncn(/C=C\C(=O)O)n2)cc(C(F)(F)F)c1.Cl. The van der Waals surface area contributed by atoms with Crippen molar-refractivity contribution in [1.82, 2.24) is 39.7 Å². The van der Waals surface area contributed by atoms with Gasteiger partial charge >= 0.3 is 18.3 Å². The van der Waals surface area contributed by atoms with E-state index >= 15 is 0 Å². The second kappa shape index (κ2) is 16.9. The molecule has 292 valence electrons. The monoisotopic (exact) mass is 786 g/mol. The van der Waals surface area contributed by atoms with Crippen LogP contribution in [0.1, 0.15) is 36.1 Å². The maximum Gasteiger partial charge on any atom is 0.416 e. The summed E-state index contributed by atoms with van der Waals surface area (Å²) in [6.45, 7) is 8.59. The molecule has 2 saturated heterocycles. The Morgan fingerprint density at radius 2 is 1.15 bits per heavy atom. The molecule has 0 bridgehead atoms. The molecule has 0 saturated carbocycles. The number of benzene rings is 2. The molecule has 4 aromatic rings. The lowest BCUT2D eigenvalue weighted by molar-refractivity contribution is -0.146. The highest BCUT2D eigenvalue weighted by Gasteiger charge is 2.38. The van der Waals surface area contributed by atoms with E-state index < -0.39 is 35.0 Å². The average molecular weight is 787 g/mol. The number of carboxylic acids is 1. The fourth-order valence-electron chi connectivity index (χ4n) is 4.91. The van der Waals surface area contributed by atoms with Gasteiger partial charge in [0.15, 0.2) is 11.6 Å². The number of aryl methyl sites for hydroxylation is 2. The van der Waals surface area contributed by atoms with E-state index in [1.54, 1.807) is 26.8 Å². The zero-order chi connectivity index (χ0) is 39.4. The van der Waals surface area contributed by atoms with Crippen molar-refractivity contribution >= 4 is 36.7 Å². The van der Waals surface area contributed by atoms with E-state index in [4.69, 9.17) is 10.2 Å². The Hall–Kier alpha value is -5.11. The predicted octanol–water partition coefficient (Wildman–Crippen LogP) is 4.93. The van der Waals surface area contributed by atoms with Crippen molar-refractivity contribution in [3.05, 3.63) is 83.5 Å². The number of hydrogen-bond acceptors (Lipinski definition) is 9. The van der Waals surface area contributed by atoms with E-state index in [2.05, 4.69) is 25.5 Å². The highest BCUT2D eigenvalue weighted by molar-refractivity contribution is 5.91. The molecular formula is C34H37ClF6N8O5. The first-order chi connectivity index (χ1) is 24.5. The number of alkyl halides is 6. The van der Waals surface area contributed by atoms with Crippen molar-refractivity contribution in [3.8, 4) is 22.8 Å². The van der Waals surface area contributed by atoms with Crippen molar-refractivity contribution in [3.63, 3.8) is 0 Å². The van der Waals surface area contributed by atoms with Gasteiger partial charge in [-0.1, -0.05) is 0 Å². The fourth-order valence-corrected chi connectivity index (χ4v) is 4.91. The van der Waals surface area contributed by atoms with Crippen molar-refractivity contribution < 1.29 is 51.3 Å². The first kappa shape index (κ1) is 43.3. The van der Waals surface area contributed by atoms with Crippen LogP contribution in [0.5, 0.6) is 0 Å². The molecule has 6 rings (SSSR count). The van der Waals surface area contributed by atoms with Crippen molar-refractivity contribution in [2.24, 2.45) is 0 Å². The molecule has 2 aromatic carbocycles. The molecule has 13 nitrogen and oxygen atoms in total. The van der Waals surface area contributed by atoms with Gasteiger partial charge < -0.3 is 25.5 Å². The molecule has 4 N–H and O–H groups in total. The molecule has 54 heavy (non-hydrogen) atoms. The smallest absolute Gasteiger partial charge is 0.416 e. The fraction of sp³-hybridized carbons (Fsp3) is 0.353. The van der Waals surface area contributed by atoms with Crippen LogP contribution in [0.15, 0.2) is 61.2 Å². The van der Waals surface area contributed by atoms with Gasteiger partial charge in [-0.2, -0.15) is 26.3 Å². The van der Waals surface area contributed by atoms with Crippen molar-refractivity contribution in [1.29, 1.82) is 0 Å². The number of halogens is 7. The summed E-state index contributed by atoms with van der Waals surface area (Å²) in [7, 11) is 0. The number of carbonyl (C=O) groups is 2. The second-order valence-electron chi connectivity index (χ2n) is 13.0. The second-order valence-corrected chi connectivity index (χ2v) is 13.0. The van der Waals surface area contributed by atoms with E-state index in [9.17, 15) is 41.0 Å². The van der Waals surface area contributed by atoms with Crippen LogP contribution in [0.25, 0.3) is 35.2 Å². The molecule has 1 amide bonds. The summed E-state index contributed by atoms with van der Waals surface area (Å²) in [5.74, 6) is -1.24. The van der Waals surface area contributed by atoms with Crippen molar-refractivity contribution in [2.75, 3.05) is 26.2 Å². The van der Waals surface area contributed by atoms with Gasteiger partial charge in [-0.05, 0) is 75.2 Å². The van der Waals surface area contributed by atoms with Gasteiger partial charge in [-0.25, -0.2) is 24.1 Å². The molecule has 0 unspecified atom stereocenters. The Morgan fingerprint density at radius 3 is 1.48 bits per heavy atom. The summed E-state index contributed by atoms with van der Waals surface area (Å²) in [6.07, 6.45) is -1.77. The largest absolute Gasteiger partial charge is 0.478 e. The number of carbonyl (C=O) groups excluding carboxylic acids is 1. The van der Waals surface area contributed by atoms with Crippen LogP contribution < -0.4 is 5.32 Å². The lowest BCUT2D eigenvalue weighted by atomic mass is 9.97. The predicted molar refractivity (Wildman–Crippen MR) is 187 cm³/mol. The molecule has 2 fully saturated rings. The van der Waals surface area contributed by atoms with E-state index in [1.807, 2.05) is 6.92 Å². The van der Waals surface area contributed by atoms with E-state index in [0.29, 0.717) is 11.1 Å². The van der Waals surface area contributed by atoms with Gasteiger partial charge in [-0.3, -0.25) is 4.79 Å². The minimum Gasteiger partial charge on any atom is -0.478 e. The van der Waals surface area contributed by atoms with Crippen LogP contribution in [0.2, 0.25) is 0 Å². The van der Waals surface area contributed by atoms with Gasteiger partial charge in [0.2, 0.25) is 5.91 Å². The minimum atomic E-state index is -4.45. The molecular weight excluding hydrogens is 750 g/mol. The normalized spacial score (nSPS) is 16.0. The number of rotatable bonds is 6. The first-order valence-electron chi connectivity index (χ1n) is 15.7. The highest BCUT2D eigenvalue weighted by Crippen LogP contribution is 2.33. The van der Waals surface area contributed by atoms with Crippen molar-refractivity contribution in [2.45, 2.75) is 51.2 Å².